The van der Waals surface area contributed by atoms with E-state index in [9.17, 15) is 0 Å². The molecular weight excluding hydrogens is 204 g/mol. The number of benzene rings is 1. The molecule has 0 spiro atoms. The van der Waals surface area contributed by atoms with Crippen molar-refractivity contribution < 1.29 is 0 Å². The average Bonchev–Trinajstić information content (AvgIpc) is 2.11. The van der Waals surface area contributed by atoms with E-state index in [1.54, 1.807) is 17.8 Å². The van der Waals surface area contributed by atoms with Crippen molar-refractivity contribution in [1.29, 1.82) is 0 Å². The van der Waals surface area contributed by atoms with Gasteiger partial charge in [0.2, 0.25) is 0 Å². The Balaban J connectivity index is 2.59. The third kappa shape index (κ3) is 3.46. The predicted molar refractivity (Wildman–Crippen MR) is 60.3 cm³/mol. The van der Waals surface area contributed by atoms with Crippen LogP contribution >= 0.6 is 23.4 Å². The molecule has 0 aliphatic heterocycles. The highest BCUT2D eigenvalue weighted by molar-refractivity contribution is 7.99. The molecule has 0 atom stereocenters. The molecule has 1 rings (SSSR count). The minimum atomic E-state index is 0.715. The molecule has 0 saturated carbocycles. The number of nitrogen functional groups attached to an aromatic ring is 1. The van der Waals surface area contributed by atoms with Crippen molar-refractivity contribution in [1.82, 2.24) is 0 Å². The van der Waals surface area contributed by atoms with Crippen LogP contribution in [0.25, 0.3) is 0 Å². The van der Waals surface area contributed by atoms with Crippen LogP contribution < -0.4 is 11.5 Å². The number of nitrogens with two attached hydrogens (primary N) is 2. The zero-order valence-electron chi connectivity index (χ0n) is 7.29. The summed E-state index contributed by atoms with van der Waals surface area (Å²) in [6, 6.07) is 5.51. The Kier molecular flexibility index (Phi) is 4.42. The van der Waals surface area contributed by atoms with E-state index in [-0.39, 0.29) is 0 Å². The maximum absolute atomic E-state index is 5.97. The van der Waals surface area contributed by atoms with Crippen LogP contribution in [0, 0.1) is 0 Å². The molecule has 0 aliphatic rings. The SMILES string of the molecule is NCCCSc1cc(N)ccc1Cl. The molecule has 4 heteroatoms. The summed E-state index contributed by atoms with van der Waals surface area (Å²) in [5, 5.41) is 0.760. The first-order valence-electron chi connectivity index (χ1n) is 4.12. The lowest BCUT2D eigenvalue weighted by Crippen LogP contribution is -1.99. The van der Waals surface area contributed by atoms with Gasteiger partial charge in [-0.2, -0.15) is 0 Å². The van der Waals surface area contributed by atoms with Gasteiger partial charge >= 0.3 is 0 Å². The number of halogens is 1. The molecule has 0 radical (unpaired) electrons. The van der Waals surface area contributed by atoms with Crippen LogP contribution in [0.3, 0.4) is 0 Å². The van der Waals surface area contributed by atoms with Crippen molar-refractivity contribution >= 4 is 29.1 Å². The van der Waals surface area contributed by atoms with Crippen LogP contribution in [0.4, 0.5) is 5.69 Å². The van der Waals surface area contributed by atoms with Gasteiger partial charge < -0.3 is 11.5 Å². The van der Waals surface area contributed by atoms with Crippen LogP contribution in [0.1, 0.15) is 6.42 Å². The molecule has 0 unspecified atom stereocenters. The number of hydrogen-bond acceptors (Lipinski definition) is 3. The molecule has 2 nitrogen and oxygen atoms in total. The number of rotatable bonds is 4. The predicted octanol–water partition coefficient (Wildman–Crippen LogP) is 2.36. The van der Waals surface area contributed by atoms with Gasteiger partial charge in [0.25, 0.3) is 0 Å². The number of thioether (sulfide) groups is 1. The molecule has 1 aromatic rings. The van der Waals surface area contributed by atoms with E-state index in [0.717, 1.165) is 27.8 Å². The van der Waals surface area contributed by atoms with E-state index in [4.69, 9.17) is 23.1 Å². The Morgan fingerprint density at radius 1 is 1.38 bits per heavy atom. The third-order valence-electron chi connectivity index (χ3n) is 1.56. The molecule has 0 amide bonds. The van der Waals surface area contributed by atoms with Crippen LogP contribution in [-0.2, 0) is 0 Å². The lowest BCUT2D eigenvalue weighted by Gasteiger charge is -2.04. The second kappa shape index (κ2) is 5.37. The third-order valence-corrected chi connectivity index (χ3v) is 3.14. The maximum atomic E-state index is 5.97. The molecule has 0 aliphatic carbocycles. The van der Waals surface area contributed by atoms with Gasteiger partial charge in [-0.25, -0.2) is 0 Å². The Morgan fingerprint density at radius 2 is 2.15 bits per heavy atom. The van der Waals surface area contributed by atoms with Crippen molar-refractivity contribution in [3.05, 3.63) is 23.2 Å². The molecule has 0 fully saturated rings. The summed E-state index contributed by atoms with van der Waals surface area (Å²) in [6.07, 6.45) is 0.996. The van der Waals surface area contributed by atoms with Crippen LogP contribution in [0.2, 0.25) is 5.02 Å². The van der Waals surface area contributed by atoms with E-state index in [2.05, 4.69) is 0 Å². The van der Waals surface area contributed by atoms with E-state index in [1.165, 1.54) is 0 Å². The molecule has 1 aromatic carbocycles. The zero-order valence-corrected chi connectivity index (χ0v) is 8.87. The largest absolute Gasteiger partial charge is 0.399 e. The van der Waals surface area contributed by atoms with Crippen molar-refractivity contribution in [2.24, 2.45) is 5.73 Å². The van der Waals surface area contributed by atoms with Crippen molar-refractivity contribution in [3.8, 4) is 0 Å². The first-order valence-corrected chi connectivity index (χ1v) is 5.48. The summed E-state index contributed by atoms with van der Waals surface area (Å²) in [4.78, 5) is 1.04. The second-order valence-electron chi connectivity index (χ2n) is 2.68. The summed E-state index contributed by atoms with van der Waals surface area (Å²) >= 11 is 7.66. The number of anilines is 1. The van der Waals surface area contributed by atoms with Gasteiger partial charge in [-0.05, 0) is 36.9 Å². The van der Waals surface area contributed by atoms with Crippen LogP contribution in [0.15, 0.2) is 23.1 Å². The van der Waals surface area contributed by atoms with E-state index in [1.807, 2.05) is 12.1 Å². The monoisotopic (exact) mass is 216 g/mol. The maximum Gasteiger partial charge on any atom is 0.0543 e. The van der Waals surface area contributed by atoms with Crippen LogP contribution in [-0.4, -0.2) is 12.3 Å². The topological polar surface area (TPSA) is 52.0 Å². The first-order chi connectivity index (χ1) is 6.24. The summed E-state index contributed by atoms with van der Waals surface area (Å²) in [5.41, 5.74) is 11.8. The highest BCUT2D eigenvalue weighted by Gasteiger charge is 2.00. The van der Waals surface area contributed by atoms with E-state index in [0.29, 0.717) is 6.54 Å². The molecule has 4 N–H and O–H groups in total. The lowest BCUT2D eigenvalue weighted by atomic mass is 10.3. The van der Waals surface area contributed by atoms with Crippen molar-refractivity contribution in [3.63, 3.8) is 0 Å². The fourth-order valence-corrected chi connectivity index (χ4v) is 2.13. The van der Waals surface area contributed by atoms with Gasteiger partial charge in [-0.1, -0.05) is 11.6 Å². The highest BCUT2D eigenvalue weighted by atomic mass is 35.5. The van der Waals surface area contributed by atoms with Gasteiger partial charge in [0.15, 0.2) is 0 Å². The van der Waals surface area contributed by atoms with Crippen molar-refractivity contribution in [2.45, 2.75) is 11.3 Å². The Morgan fingerprint density at radius 3 is 2.85 bits per heavy atom. The molecule has 13 heavy (non-hydrogen) atoms. The molecule has 0 heterocycles. The fourth-order valence-electron chi connectivity index (χ4n) is 0.896. The zero-order chi connectivity index (χ0) is 9.68. The Labute approximate surface area is 87.6 Å². The number of hydrogen-bond donors (Lipinski definition) is 2. The molecule has 0 bridgehead atoms. The second-order valence-corrected chi connectivity index (χ2v) is 4.22. The highest BCUT2D eigenvalue weighted by Crippen LogP contribution is 2.29. The normalized spacial score (nSPS) is 10.3. The first kappa shape index (κ1) is 10.7. The summed E-state index contributed by atoms with van der Waals surface area (Å²) in [7, 11) is 0. The summed E-state index contributed by atoms with van der Waals surface area (Å²) in [5.74, 6) is 0.986. The molecule has 0 saturated heterocycles. The van der Waals surface area contributed by atoms with E-state index >= 15 is 0 Å². The quantitative estimate of drug-likeness (QED) is 0.462. The lowest BCUT2D eigenvalue weighted by molar-refractivity contribution is 0.943. The minimum absolute atomic E-state index is 0.715. The van der Waals surface area contributed by atoms with Gasteiger partial charge in [0.1, 0.15) is 0 Å². The van der Waals surface area contributed by atoms with Crippen molar-refractivity contribution in [2.75, 3.05) is 18.0 Å². The standard InChI is InChI=1S/C9H13ClN2S/c10-8-3-2-7(12)6-9(8)13-5-1-4-11/h2-3,6H,1,4-5,11-12H2. The van der Waals surface area contributed by atoms with Gasteiger partial charge in [0, 0.05) is 10.6 Å². The smallest absolute Gasteiger partial charge is 0.0543 e. The van der Waals surface area contributed by atoms with E-state index < -0.39 is 0 Å². The van der Waals surface area contributed by atoms with Gasteiger partial charge in [0.05, 0.1) is 5.02 Å². The Bertz CT molecular complexity index is 278. The molecule has 72 valence electrons. The van der Waals surface area contributed by atoms with Gasteiger partial charge in [-0.3, -0.25) is 0 Å². The summed E-state index contributed by atoms with van der Waals surface area (Å²) in [6.45, 7) is 0.715. The minimum Gasteiger partial charge on any atom is -0.399 e. The summed E-state index contributed by atoms with van der Waals surface area (Å²) < 4.78 is 0. The van der Waals surface area contributed by atoms with Crippen LogP contribution in [0.5, 0.6) is 0 Å². The Hall–Kier alpha value is -0.380. The molecule has 0 aromatic heterocycles. The molecular formula is C9H13ClN2S. The average molecular weight is 217 g/mol. The fraction of sp³-hybridized carbons (Fsp3) is 0.333. The van der Waals surface area contributed by atoms with Gasteiger partial charge in [-0.15, -0.1) is 11.8 Å².